The van der Waals surface area contributed by atoms with E-state index in [0.29, 0.717) is 11.3 Å². The number of hydrazone groups is 1. The summed E-state index contributed by atoms with van der Waals surface area (Å²) in [6.45, 7) is 3.92. The third-order valence-corrected chi connectivity index (χ3v) is 6.62. The zero-order valence-corrected chi connectivity index (χ0v) is 17.9. The van der Waals surface area contributed by atoms with Gasteiger partial charge in [0.15, 0.2) is 0 Å². The minimum atomic E-state index is -0.706. The van der Waals surface area contributed by atoms with Gasteiger partial charge >= 0.3 is 0 Å². The molecule has 6 nitrogen and oxygen atoms in total. The van der Waals surface area contributed by atoms with E-state index in [0.717, 1.165) is 35.2 Å². The molecule has 1 aliphatic rings. The number of hydrogen-bond donors (Lipinski definition) is 1. The number of amides is 1. The van der Waals surface area contributed by atoms with E-state index < -0.39 is 6.04 Å². The van der Waals surface area contributed by atoms with Crippen molar-refractivity contribution in [2.75, 3.05) is 0 Å². The number of allylic oxidation sites excluding steroid dienone is 1. The summed E-state index contributed by atoms with van der Waals surface area (Å²) in [7, 11) is 0. The minimum absolute atomic E-state index is 0.150. The third-order valence-electron chi connectivity index (χ3n) is 5.46. The summed E-state index contributed by atoms with van der Waals surface area (Å²) in [5.74, 6) is 0.270. The molecule has 154 valence electrons. The molecule has 0 fully saturated rings. The molecule has 2 atom stereocenters. The Labute approximate surface area is 179 Å². The van der Waals surface area contributed by atoms with Gasteiger partial charge in [0, 0.05) is 11.1 Å². The number of fused-ring (bicyclic) bond motifs is 3. The molecule has 0 saturated heterocycles. The van der Waals surface area contributed by atoms with Crippen molar-refractivity contribution in [3.63, 3.8) is 0 Å². The Morgan fingerprint density at radius 2 is 2.17 bits per heavy atom. The number of rotatable bonds is 5. The Morgan fingerprint density at radius 1 is 1.37 bits per heavy atom. The minimum Gasteiger partial charge on any atom is -0.286 e. The van der Waals surface area contributed by atoms with E-state index in [9.17, 15) is 9.59 Å². The maximum Gasteiger partial charge on any atom is 0.263 e. The van der Waals surface area contributed by atoms with E-state index in [2.05, 4.69) is 22.4 Å². The van der Waals surface area contributed by atoms with Crippen molar-refractivity contribution in [2.24, 2.45) is 11.0 Å². The zero-order valence-electron chi connectivity index (χ0n) is 17.0. The summed E-state index contributed by atoms with van der Waals surface area (Å²) in [5, 5.41) is 4.63. The monoisotopic (exact) mass is 420 g/mol. The molecule has 0 aliphatic heterocycles. The number of carbonyl (C=O) groups excluding carboxylic acids is 1. The summed E-state index contributed by atoms with van der Waals surface area (Å²) in [4.78, 5) is 32.1. The number of nitrogens with one attached hydrogen (secondary N) is 1. The molecule has 1 aromatic carbocycles. The smallest absolute Gasteiger partial charge is 0.263 e. The van der Waals surface area contributed by atoms with Crippen LogP contribution in [0.4, 0.5) is 0 Å². The van der Waals surface area contributed by atoms with Crippen molar-refractivity contribution in [3.05, 3.63) is 69.1 Å². The first-order valence-corrected chi connectivity index (χ1v) is 10.9. The molecule has 1 aliphatic carbocycles. The SMILES string of the molecule is C[C@H]1CCc2c(sc3ncn([C@H](C)C(=O)N/N=C/C=C/c4ccccc4)c(=O)c23)C1. The molecule has 0 radical (unpaired) electrons. The van der Waals surface area contributed by atoms with Gasteiger partial charge in [0.25, 0.3) is 11.5 Å². The molecule has 2 heterocycles. The highest BCUT2D eigenvalue weighted by Gasteiger charge is 2.25. The van der Waals surface area contributed by atoms with E-state index in [-0.39, 0.29) is 11.5 Å². The largest absolute Gasteiger partial charge is 0.286 e. The van der Waals surface area contributed by atoms with Crippen LogP contribution >= 0.6 is 11.3 Å². The molecule has 4 rings (SSSR count). The Kier molecular flexibility index (Phi) is 5.90. The van der Waals surface area contributed by atoms with Crippen LogP contribution in [0.25, 0.3) is 16.3 Å². The quantitative estimate of drug-likeness (QED) is 0.501. The summed E-state index contributed by atoms with van der Waals surface area (Å²) in [5.41, 5.74) is 4.51. The van der Waals surface area contributed by atoms with Crippen molar-refractivity contribution in [1.29, 1.82) is 0 Å². The zero-order chi connectivity index (χ0) is 21.1. The van der Waals surface area contributed by atoms with E-state index in [1.807, 2.05) is 36.4 Å². The van der Waals surface area contributed by atoms with E-state index in [1.54, 1.807) is 24.3 Å². The van der Waals surface area contributed by atoms with Crippen LogP contribution in [-0.4, -0.2) is 21.7 Å². The highest BCUT2D eigenvalue weighted by atomic mass is 32.1. The van der Waals surface area contributed by atoms with Crippen molar-refractivity contribution in [3.8, 4) is 0 Å². The fraction of sp³-hybridized carbons (Fsp3) is 0.304. The third kappa shape index (κ3) is 4.11. The summed E-state index contributed by atoms with van der Waals surface area (Å²) < 4.78 is 1.40. The van der Waals surface area contributed by atoms with Gasteiger partial charge in [-0.1, -0.05) is 43.3 Å². The van der Waals surface area contributed by atoms with Crippen LogP contribution in [0.2, 0.25) is 0 Å². The second-order valence-corrected chi connectivity index (χ2v) is 8.77. The number of hydrogen-bond acceptors (Lipinski definition) is 5. The van der Waals surface area contributed by atoms with Crippen molar-refractivity contribution in [2.45, 2.75) is 39.2 Å². The maximum absolute atomic E-state index is 13.1. The number of nitrogens with zero attached hydrogens (tertiary/aromatic N) is 3. The summed E-state index contributed by atoms with van der Waals surface area (Å²) in [6, 6.07) is 9.10. The average Bonchev–Trinajstić information content (AvgIpc) is 3.12. The second kappa shape index (κ2) is 8.75. The lowest BCUT2D eigenvalue weighted by molar-refractivity contribution is -0.123. The van der Waals surface area contributed by atoms with Crippen LogP contribution in [-0.2, 0) is 17.6 Å². The molecule has 30 heavy (non-hydrogen) atoms. The van der Waals surface area contributed by atoms with Gasteiger partial charge < -0.3 is 0 Å². The Morgan fingerprint density at radius 3 is 2.97 bits per heavy atom. The molecule has 7 heteroatoms. The predicted octanol–water partition coefficient (Wildman–Crippen LogP) is 3.96. The molecule has 1 amide bonds. The van der Waals surface area contributed by atoms with Gasteiger partial charge in [-0.05, 0) is 49.3 Å². The lowest BCUT2D eigenvalue weighted by Gasteiger charge is -2.18. The standard InChI is InChI=1S/C23H24N4O2S/c1-15-10-11-18-19(13-15)30-22-20(18)23(29)27(14-24-22)16(2)21(28)26-25-12-6-9-17-7-4-3-5-8-17/h3-9,12,14-16H,10-11,13H2,1-2H3,(H,26,28)/b9-6+,25-12+/t15-,16+/m0/s1. The van der Waals surface area contributed by atoms with Gasteiger partial charge in [0.2, 0.25) is 0 Å². The van der Waals surface area contributed by atoms with Crippen LogP contribution in [0.1, 0.15) is 42.3 Å². The summed E-state index contributed by atoms with van der Waals surface area (Å²) in [6.07, 6.45) is 9.60. The molecular weight excluding hydrogens is 396 g/mol. The van der Waals surface area contributed by atoms with Gasteiger partial charge in [-0.2, -0.15) is 5.10 Å². The number of aromatic nitrogens is 2. The van der Waals surface area contributed by atoms with Crippen molar-refractivity contribution >= 4 is 39.8 Å². The van der Waals surface area contributed by atoms with E-state index >= 15 is 0 Å². The fourth-order valence-corrected chi connectivity index (χ4v) is 5.04. The Balaban J connectivity index is 1.48. The lowest BCUT2D eigenvalue weighted by Crippen LogP contribution is -2.34. The second-order valence-electron chi connectivity index (χ2n) is 7.69. The van der Waals surface area contributed by atoms with E-state index in [1.165, 1.54) is 22.0 Å². The van der Waals surface area contributed by atoms with Crippen LogP contribution in [0.3, 0.4) is 0 Å². The molecule has 0 saturated carbocycles. The maximum atomic E-state index is 13.1. The molecule has 0 spiro atoms. The predicted molar refractivity (Wildman–Crippen MR) is 122 cm³/mol. The topological polar surface area (TPSA) is 76.3 Å². The van der Waals surface area contributed by atoms with Crippen LogP contribution in [0.15, 0.2) is 52.6 Å². The summed E-state index contributed by atoms with van der Waals surface area (Å²) >= 11 is 1.61. The first kappa shape index (κ1) is 20.2. The van der Waals surface area contributed by atoms with Crippen LogP contribution in [0.5, 0.6) is 0 Å². The molecular formula is C23H24N4O2S. The van der Waals surface area contributed by atoms with Gasteiger partial charge in [0.05, 0.1) is 11.7 Å². The van der Waals surface area contributed by atoms with Gasteiger partial charge in [-0.25, -0.2) is 10.4 Å². The van der Waals surface area contributed by atoms with Gasteiger partial charge in [0.1, 0.15) is 10.9 Å². The number of carbonyl (C=O) groups is 1. The fourth-order valence-electron chi connectivity index (χ4n) is 3.70. The molecule has 0 bridgehead atoms. The number of thiophene rings is 1. The van der Waals surface area contributed by atoms with Crippen LogP contribution < -0.4 is 11.0 Å². The van der Waals surface area contributed by atoms with E-state index in [4.69, 9.17) is 0 Å². The first-order chi connectivity index (χ1) is 14.5. The van der Waals surface area contributed by atoms with Crippen molar-refractivity contribution < 1.29 is 4.79 Å². The number of aryl methyl sites for hydroxylation is 1. The average molecular weight is 421 g/mol. The van der Waals surface area contributed by atoms with Gasteiger partial charge in [-0.3, -0.25) is 14.2 Å². The molecule has 3 aromatic rings. The first-order valence-electron chi connectivity index (χ1n) is 10.1. The lowest BCUT2D eigenvalue weighted by atomic mass is 9.89. The highest BCUT2D eigenvalue weighted by Crippen LogP contribution is 2.35. The molecule has 0 unspecified atom stereocenters. The Bertz CT molecular complexity index is 1180. The van der Waals surface area contributed by atoms with Crippen LogP contribution in [0, 0.1) is 5.92 Å². The van der Waals surface area contributed by atoms with Gasteiger partial charge in [-0.15, -0.1) is 11.3 Å². The van der Waals surface area contributed by atoms with Crippen molar-refractivity contribution in [1.82, 2.24) is 15.0 Å². The normalized spacial score (nSPS) is 17.5. The number of benzene rings is 1. The molecule has 2 aromatic heterocycles. The molecule has 1 N–H and O–H groups in total. The highest BCUT2D eigenvalue weighted by molar-refractivity contribution is 7.18. The Hall–Kier alpha value is -3.06.